The summed E-state index contributed by atoms with van der Waals surface area (Å²) in [5.74, 6) is -0.417. The number of hydrogen-bond acceptors (Lipinski definition) is 6. The van der Waals surface area contributed by atoms with Crippen molar-refractivity contribution in [3.63, 3.8) is 0 Å². The van der Waals surface area contributed by atoms with Gasteiger partial charge in [0.25, 0.3) is 5.56 Å². The van der Waals surface area contributed by atoms with E-state index in [0.29, 0.717) is 27.3 Å². The van der Waals surface area contributed by atoms with E-state index in [-0.39, 0.29) is 28.5 Å². The Balaban J connectivity index is 1.56. The highest BCUT2D eigenvalue weighted by molar-refractivity contribution is 7.99. The quantitative estimate of drug-likeness (QED) is 0.163. The van der Waals surface area contributed by atoms with Crippen molar-refractivity contribution >= 4 is 39.3 Å². The summed E-state index contributed by atoms with van der Waals surface area (Å²) in [5.41, 5.74) is 2.03. The molecular weight excluding hydrogens is 453 g/mol. The number of para-hydroxylation sites is 3. The normalized spacial score (nSPS) is 12.0. The van der Waals surface area contributed by atoms with Gasteiger partial charge in [-0.3, -0.25) is 9.36 Å². The number of rotatable bonds is 5. The first-order chi connectivity index (χ1) is 16.5. The maximum atomic E-state index is 13.5. The number of hydrogen-bond donors (Lipinski definition) is 2. The van der Waals surface area contributed by atoms with Gasteiger partial charge in [0.05, 0.1) is 33.4 Å². The van der Waals surface area contributed by atoms with Gasteiger partial charge in [-0.05, 0) is 48.5 Å². The summed E-state index contributed by atoms with van der Waals surface area (Å²) in [7, 11) is 0. The summed E-state index contributed by atoms with van der Waals surface area (Å²) in [5, 5.41) is 21.1. The van der Waals surface area contributed by atoms with E-state index in [4.69, 9.17) is 0 Å². The molecule has 0 amide bonds. The Morgan fingerprint density at radius 2 is 1.74 bits per heavy atom. The van der Waals surface area contributed by atoms with Gasteiger partial charge < -0.3 is 10.1 Å². The average Bonchev–Trinajstić information content (AvgIpc) is 3.28. The zero-order valence-electron chi connectivity index (χ0n) is 17.6. The zero-order chi connectivity index (χ0) is 23.7. The molecule has 3 aromatic carbocycles. The molecule has 0 aliphatic heterocycles. The van der Waals surface area contributed by atoms with Crippen LogP contribution in [0, 0.1) is 17.1 Å². The van der Waals surface area contributed by atoms with E-state index in [2.05, 4.69) is 15.0 Å². The van der Waals surface area contributed by atoms with Gasteiger partial charge in [-0.25, -0.2) is 14.4 Å². The van der Waals surface area contributed by atoms with E-state index >= 15 is 0 Å². The summed E-state index contributed by atoms with van der Waals surface area (Å²) in [6.07, 6.45) is 0. The standard InChI is InChI=1S/C25H16FN5O2S/c26-15-9-11-16(12-10-15)31-24(33)17-5-1-2-6-19(17)30-25(31)34-14-22(32)18(13-27)23-28-20-7-3-4-8-21(20)29-23/h1-12,32H,14H2,(H,28,29). The molecule has 0 unspecified atom stereocenters. The van der Waals surface area contributed by atoms with Gasteiger partial charge in [-0.1, -0.05) is 36.0 Å². The number of aromatic nitrogens is 4. The van der Waals surface area contributed by atoms with Crippen molar-refractivity contribution in [1.29, 1.82) is 5.26 Å². The fourth-order valence-electron chi connectivity index (χ4n) is 3.56. The Morgan fingerprint density at radius 1 is 1.03 bits per heavy atom. The third-order valence-corrected chi connectivity index (χ3v) is 6.14. The topological polar surface area (TPSA) is 108 Å². The van der Waals surface area contributed by atoms with Crippen molar-refractivity contribution < 1.29 is 9.50 Å². The first-order valence-electron chi connectivity index (χ1n) is 10.2. The van der Waals surface area contributed by atoms with Crippen LogP contribution in [0.25, 0.3) is 33.2 Å². The highest BCUT2D eigenvalue weighted by Crippen LogP contribution is 2.26. The number of allylic oxidation sites excluding steroid dienone is 1. The molecule has 0 aliphatic carbocycles. The summed E-state index contributed by atoms with van der Waals surface area (Å²) >= 11 is 1.09. The molecule has 7 nitrogen and oxygen atoms in total. The van der Waals surface area contributed by atoms with E-state index in [1.54, 1.807) is 30.3 Å². The van der Waals surface area contributed by atoms with Crippen LogP contribution in [0.2, 0.25) is 0 Å². The molecular formula is C25H16FN5O2S. The predicted octanol–water partition coefficient (Wildman–Crippen LogP) is 4.99. The zero-order valence-corrected chi connectivity index (χ0v) is 18.4. The van der Waals surface area contributed by atoms with Crippen LogP contribution in [0.3, 0.4) is 0 Å². The van der Waals surface area contributed by atoms with E-state index < -0.39 is 5.82 Å². The number of halogens is 1. The van der Waals surface area contributed by atoms with Crippen LogP contribution >= 0.6 is 11.8 Å². The molecule has 0 fully saturated rings. The predicted molar refractivity (Wildman–Crippen MR) is 129 cm³/mol. The van der Waals surface area contributed by atoms with Crippen molar-refractivity contribution in [3.05, 3.63) is 101 Å². The Labute approximate surface area is 196 Å². The van der Waals surface area contributed by atoms with E-state index in [1.165, 1.54) is 28.8 Å². The largest absolute Gasteiger partial charge is 0.510 e. The molecule has 0 radical (unpaired) electrons. The number of nitrogens with one attached hydrogen (secondary N) is 1. The second kappa shape index (κ2) is 8.84. The smallest absolute Gasteiger partial charge is 0.266 e. The number of aliphatic hydroxyl groups is 1. The fourth-order valence-corrected chi connectivity index (χ4v) is 4.45. The molecule has 9 heteroatoms. The minimum atomic E-state index is -0.426. The molecule has 2 aromatic heterocycles. The van der Waals surface area contributed by atoms with Crippen LogP contribution in [0.5, 0.6) is 0 Å². The maximum absolute atomic E-state index is 13.5. The van der Waals surface area contributed by atoms with Crippen LogP contribution in [-0.2, 0) is 0 Å². The van der Waals surface area contributed by atoms with Crippen molar-refractivity contribution in [2.45, 2.75) is 5.16 Å². The first kappa shape index (κ1) is 21.4. The monoisotopic (exact) mass is 469 g/mol. The van der Waals surface area contributed by atoms with Gasteiger partial charge in [-0.15, -0.1) is 0 Å². The lowest BCUT2D eigenvalue weighted by Gasteiger charge is -2.13. The molecule has 0 saturated carbocycles. The number of H-pyrrole nitrogens is 1. The Morgan fingerprint density at radius 3 is 2.47 bits per heavy atom. The van der Waals surface area contributed by atoms with Crippen LogP contribution < -0.4 is 5.56 Å². The maximum Gasteiger partial charge on any atom is 0.266 e. The highest BCUT2D eigenvalue weighted by Gasteiger charge is 2.17. The summed E-state index contributed by atoms with van der Waals surface area (Å²) in [4.78, 5) is 25.3. The second-order valence-corrected chi connectivity index (χ2v) is 8.30. The summed E-state index contributed by atoms with van der Waals surface area (Å²) in [6, 6.07) is 21.7. The van der Waals surface area contributed by atoms with Gasteiger partial charge in [0, 0.05) is 0 Å². The Hall–Kier alpha value is -4.42. The lowest BCUT2D eigenvalue weighted by atomic mass is 10.2. The van der Waals surface area contributed by atoms with E-state index in [0.717, 1.165) is 17.3 Å². The molecule has 5 rings (SSSR count). The number of benzene rings is 3. The lowest BCUT2D eigenvalue weighted by molar-refractivity contribution is 0.420. The number of imidazole rings is 1. The van der Waals surface area contributed by atoms with Crippen LogP contribution in [0.4, 0.5) is 4.39 Å². The van der Waals surface area contributed by atoms with Gasteiger partial charge in [0.1, 0.15) is 23.2 Å². The molecule has 166 valence electrons. The SMILES string of the molecule is N#CC(=C(O)CSc1nc2ccccc2c(=O)n1-c1ccc(F)cc1)c1nc2ccccc2[nH]1. The van der Waals surface area contributed by atoms with Gasteiger partial charge >= 0.3 is 0 Å². The van der Waals surface area contributed by atoms with Crippen molar-refractivity contribution in [3.8, 4) is 11.8 Å². The van der Waals surface area contributed by atoms with Crippen LogP contribution in [-0.4, -0.2) is 30.4 Å². The number of aliphatic hydroxyl groups excluding tert-OH is 1. The molecule has 5 aromatic rings. The molecule has 2 heterocycles. The van der Waals surface area contributed by atoms with Gasteiger partial charge in [0.2, 0.25) is 0 Å². The summed E-state index contributed by atoms with van der Waals surface area (Å²) < 4.78 is 14.9. The third kappa shape index (κ3) is 3.91. The molecule has 0 aliphatic rings. The van der Waals surface area contributed by atoms with Crippen molar-refractivity contribution in [2.24, 2.45) is 0 Å². The number of fused-ring (bicyclic) bond motifs is 2. The molecule has 0 saturated heterocycles. The Kier molecular flexibility index (Phi) is 5.57. The van der Waals surface area contributed by atoms with Crippen molar-refractivity contribution in [1.82, 2.24) is 19.5 Å². The molecule has 0 spiro atoms. The highest BCUT2D eigenvalue weighted by atomic mass is 32.2. The average molecular weight is 470 g/mol. The minimum absolute atomic E-state index is 0.000156. The van der Waals surface area contributed by atoms with Crippen LogP contribution in [0.15, 0.2) is 88.5 Å². The molecule has 2 N–H and O–H groups in total. The minimum Gasteiger partial charge on any atom is -0.510 e. The molecule has 0 bridgehead atoms. The first-order valence-corrected chi connectivity index (χ1v) is 11.2. The number of nitrogens with zero attached hydrogens (tertiary/aromatic N) is 4. The lowest BCUT2D eigenvalue weighted by Crippen LogP contribution is -2.22. The van der Waals surface area contributed by atoms with Gasteiger partial charge in [0.15, 0.2) is 11.0 Å². The van der Waals surface area contributed by atoms with Gasteiger partial charge in [-0.2, -0.15) is 5.26 Å². The molecule has 34 heavy (non-hydrogen) atoms. The second-order valence-electron chi connectivity index (χ2n) is 7.35. The van der Waals surface area contributed by atoms with Crippen molar-refractivity contribution in [2.75, 3.05) is 5.75 Å². The summed E-state index contributed by atoms with van der Waals surface area (Å²) in [6.45, 7) is 0. The van der Waals surface area contributed by atoms with E-state index in [9.17, 15) is 19.6 Å². The number of nitriles is 1. The van der Waals surface area contributed by atoms with E-state index in [1.807, 2.05) is 24.3 Å². The van der Waals surface area contributed by atoms with Crippen LogP contribution in [0.1, 0.15) is 5.82 Å². The molecule has 0 atom stereocenters. The fraction of sp³-hybridized carbons (Fsp3) is 0.0400. The number of thioether (sulfide) groups is 1. The number of aromatic amines is 1. The Bertz CT molecular complexity index is 1630. The third-order valence-electron chi connectivity index (χ3n) is 5.19.